The standard InChI is InChI=1S/C7H8N2O5/c1-2-3(6(11)9-14-2)5(10)4(8)7(12)13/h4H,8H2,1H3,(H,9,11)(H,12,13). The first-order chi connectivity index (χ1) is 6.45. The van der Waals surface area contributed by atoms with Gasteiger partial charge in [-0.2, -0.15) is 5.16 Å². The van der Waals surface area contributed by atoms with Crippen LogP contribution in [0, 0.1) is 6.92 Å². The summed E-state index contributed by atoms with van der Waals surface area (Å²) in [6.07, 6.45) is 0. The monoisotopic (exact) mass is 200 g/mol. The minimum absolute atomic E-state index is 0.0247. The minimum atomic E-state index is -1.74. The summed E-state index contributed by atoms with van der Waals surface area (Å²) < 4.78 is 4.54. The molecule has 0 fully saturated rings. The number of aliphatic carboxylic acids is 1. The van der Waals surface area contributed by atoms with Crippen LogP contribution in [0.25, 0.3) is 0 Å². The Morgan fingerprint density at radius 1 is 1.57 bits per heavy atom. The van der Waals surface area contributed by atoms with Crippen LogP contribution in [-0.4, -0.2) is 28.1 Å². The lowest BCUT2D eigenvalue weighted by Gasteiger charge is -2.01. The molecule has 0 amide bonds. The van der Waals surface area contributed by atoms with Crippen molar-refractivity contribution in [1.29, 1.82) is 0 Å². The predicted molar refractivity (Wildman–Crippen MR) is 44.0 cm³/mol. The van der Waals surface area contributed by atoms with E-state index in [9.17, 15) is 14.4 Å². The fraction of sp³-hybridized carbons (Fsp3) is 0.286. The van der Waals surface area contributed by atoms with Crippen LogP contribution in [0.3, 0.4) is 0 Å². The maximum Gasteiger partial charge on any atom is 0.328 e. The molecule has 0 saturated heterocycles. The molecule has 7 heteroatoms. The highest BCUT2D eigenvalue weighted by atomic mass is 16.5. The van der Waals surface area contributed by atoms with Gasteiger partial charge >= 0.3 is 5.97 Å². The highest BCUT2D eigenvalue weighted by Crippen LogP contribution is 2.03. The summed E-state index contributed by atoms with van der Waals surface area (Å²) in [5, 5.41) is 10.4. The number of nitrogens with two attached hydrogens (primary N) is 1. The zero-order valence-corrected chi connectivity index (χ0v) is 7.23. The predicted octanol–water partition coefficient (Wildman–Crippen LogP) is -1.13. The Labute approximate surface area is 77.5 Å². The molecule has 1 heterocycles. The molecule has 14 heavy (non-hydrogen) atoms. The highest BCUT2D eigenvalue weighted by molar-refractivity contribution is 6.11. The highest BCUT2D eigenvalue weighted by Gasteiger charge is 2.28. The van der Waals surface area contributed by atoms with Gasteiger partial charge in [0.15, 0.2) is 11.8 Å². The summed E-state index contributed by atoms with van der Waals surface area (Å²) in [6.45, 7) is 1.36. The van der Waals surface area contributed by atoms with E-state index in [1.165, 1.54) is 6.92 Å². The third kappa shape index (κ3) is 1.57. The topological polar surface area (TPSA) is 126 Å². The fourth-order valence-corrected chi connectivity index (χ4v) is 0.938. The van der Waals surface area contributed by atoms with Crippen LogP contribution in [0.4, 0.5) is 0 Å². The van der Waals surface area contributed by atoms with E-state index >= 15 is 0 Å². The normalized spacial score (nSPS) is 12.4. The Kier molecular flexibility index (Phi) is 2.52. The minimum Gasteiger partial charge on any atom is -0.480 e. The number of carbonyl (C=O) groups is 2. The second-order valence-electron chi connectivity index (χ2n) is 2.64. The molecule has 1 rings (SSSR count). The van der Waals surface area contributed by atoms with Crippen LogP contribution in [0.1, 0.15) is 16.1 Å². The molecule has 1 aromatic rings. The Hall–Kier alpha value is -1.89. The van der Waals surface area contributed by atoms with E-state index in [-0.39, 0.29) is 11.3 Å². The molecule has 7 nitrogen and oxygen atoms in total. The maximum absolute atomic E-state index is 11.3. The molecule has 76 valence electrons. The van der Waals surface area contributed by atoms with E-state index < -0.39 is 23.4 Å². The number of aromatic amines is 1. The first kappa shape index (κ1) is 10.2. The summed E-state index contributed by atoms with van der Waals surface area (Å²) in [4.78, 5) is 32.7. The van der Waals surface area contributed by atoms with E-state index in [2.05, 4.69) is 4.52 Å². The second kappa shape index (κ2) is 3.46. The molecule has 0 radical (unpaired) electrons. The molecule has 4 N–H and O–H groups in total. The number of hydrogen-bond donors (Lipinski definition) is 3. The van der Waals surface area contributed by atoms with Gasteiger partial charge in [0.2, 0.25) is 0 Å². The van der Waals surface area contributed by atoms with Crippen LogP contribution in [-0.2, 0) is 4.79 Å². The lowest BCUT2D eigenvalue weighted by atomic mass is 10.1. The van der Waals surface area contributed by atoms with Crippen LogP contribution in [0.15, 0.2) is 9.32 Å². The average Bonchev–Trinajstić information content (AvgIpc) is 2.44. The Bertz CT molecular complexity index is 430. The number of nitrogens with one attached hydrogen (secondary N) is 1. The average molecular weight is 200 g/mol. The molecule has 0 aliphatic carbocycles. The quantitative estimate of drug-likeness (QED) is 0.418. The van der Waals surface area contributed by atoms with Gasteiger partial charge in [-0.15, -0.1) is 0 Å². The van der Waals surface area contributed by atoms with Crippen molar-refractivity contribution in [3.63, 3.8) is 0 Å². The molecule has 1 atom stereocenters. The van der Waals surface area contributed by atoms with Crippen LogP contribution >= 0.6 is 0 Å². The molecular formula is C7H8N2O5. The molecule has 0 aliphatic rings. The summed E-state index contributed by atoms with van der Waals surface area (Å²) in [5.74, 6) is -2.43. The van der Waals surface area contributed by atoms with E-state index in [1.54, 1.807) is 0 Å². The van der Waals surface area contributed by atoms with Gasteiger partial charge in [-0.05, 0) is 6.92 Å². The number of H-pyrrole nitrogens is 1. The first-order valence-electron chi connectivity index (χ1n) is 3.65. The van der Waals surface area contributed by atoms with Gasteiger partial charge in [0.25, 0.3) is 5.56 Å². The Balaban J connectivity index is 3.13. The van der Waals surface area contributed by atoms with Gasteiger partial charge in [0.05, 0.1) is 0 Å². The summed E-state index contributed by atoms with van der Waals surface area (Å²) in [7, 11) is 0. The summed E-state index contributed by atoms with van der Waals surface area (Å²) in [6, 6.07) is -1.74. The van der Waals surface area contributed by atoms with Crippen molar-refractivity contribution >= 4 is 11.8 Å². The maximum atomic E-state index is 11.3. The van der Waals surface area contributed by atoms with Gasteiger partial charge in [-0.1, -0.05) is 0 Å². The molecule has 0 bridgehead atoms. The van der Waals surface area contributed by atoms with Gasteiger partial charge in [0, 0.05) is 0 Å². The van der Waals surface area contributed by atoms with E-state index in [4.69, 9.17) is 10.8 Å². The van der Waals surface area contributed by atoms with Crippen molar-refractivity contribution in [3.8, 4) is 0 Å². The van der Waals surface area contributed by atoms with E-state index in [0.29, 0.717) is 0 Å². The molecule has 0 spiro atoms. The van der Waals surface area contributed by atoms with Crippen LogP contribution in [0.2, 0.25) is 0 Å². The van der Waals surface area contributed by atoms with Crippen molar-refractivity contribution in [3.05, 3.63) is 21.7 Å². The zero-order valence-electron chi connectivity index (χ0n) is 7.23. The third-order valence-electron chi connectivity index (χ3n) is 1.67. The molecule has 1 unspecified atom stereocenters. The number of aromatic nitrogens is 1. The largest absolute Gasteiger partial charge is 0.480 e. The SMILES string of the molecule is Cc1o[nH]c(=O)c1C(=O)C(N)C(=O)O. The second-order valence-corrected chi connectivity index (χ2v) is 2.64. The van der Waals surface area contributed by atoms with Crippen LogP contribution in [0.5, 0.6) is 0 Å². The number of carboxylic acids is 1. The van der Waals surface area contributed by atoms with Crippen LogP contribution < -0.4 is 11.3 Å². The fourth-order valence-electron chi connectivity index (χ4n) is 0.938. The summed E-state index contributed by atoms with van der Waals surface area (Å²) >= 11 is 0. The lowest BCUT2D eigenvalue weighted by molar-refractivity contribution is -0.137. The number of rotatable bonds is 3. The molecular weight excluding hydrogens is 192 g/mol. The van der Waals surface area contributed by atoms with Crippen molar-refractivity contribution in [2.45, 2.75) is 13.0 Å². The van der Waals surface area contributed by atoms with Gasteiger partial charge in [0.1, 0.15) is 11.3 Å². The summed E-state index contributed by atoms with van der Waals surface area (Å²) in [5.41, 5.74) is 3.92. The number of hydrogen-bond acceptors (Lipinski definition) is 5. The van der Waals surface area contributed by atoms with Gasteiger partial charge < -0.3 is 15.4 Å². The zero-order chi connectivity index (χ0) is 10.9. The van der Waals surface area contributed by atoms with Gasteiger partial charge in [-0.25, -0.2) is 0 Å². The first-order valence-corrected chi connectivity index (χ1v) is 3.65. The number of ketones is 1. The van der Waals surface area contributed by atoms with E-state index in [1.807, 2.05) is 5.16 Å². The van der Waals surface area contributed by atoms with Crippen molar-refractivity contribution < 1.29 is 19.2 Å². The lowest BCUT2D eigenvalue weighted by Crippen LogP contribution is -2.40. The number of Topliss-reactive ketones (excluding diaryl/α,β-unsaturated/α-hetero) is 1. The molecule has 0 aliphatic heterocycles. The molecule has 0 aromatic carbocycles. The van der Waals surface area contributed by atoms with E-state index in [0.717, 1.165) is 0 Å². The molecule has 0 saturated carbocycles. The Morgan fingerprint density at radius 2 is 2.14 bits per heavy atom. The van der Waals surface area contributed by atoms with Crippen molar-refractivity contribution in [1.82, 2.24) is 5.16 Å². The Morgan fingerprint density at radius 3 is 2.50 bits per heavy atom. The number of carbonyl (C=O) groups excluding carboxylic acids is 1. The van der Waals surface area contributed by atoms with Crippen molar-refractivity contribution in [2.75, 3.05) is 0 Å². The van der Waals surface area contributed by atoms with Gasteiger partial charge in [-0.3, -0.25) is 14.4 Å². The van der Waals surface area contributed by atoms with Crippen molar-refractivity contribution in [2.24, 2.45) is 5.73 Å². The smallest absolute Gasteiger partial charge is 0.328 e. The number of aryl methyl sites for hydroxylation is 1. The third-order valence-corrected chi connectivity index (χ3v) is 1.67. The molecule has 1 aromatic heterocycles. The number of carboxylic acid groups (broad SMARTS) is 1.